The molecule has 2 unspecified atom stereocenters. The van der Waals surface area contributed by atoms with Gasteiger partial charge in [-0.25, -0.2) is 8.42 Å². The Morgan fingerprint density at radius 1 is 1.14 bits per heavy atom. The maximum atomic E-state index is 12.8. The number of ketones is 1. The molecule has 2 aliphatic rings. The van der Waals surface area contributed by atoms with Crippen LogP contribution in [0.2, 0.25) is 0 Å². The van der Waals surface area contributed by atoms with Crippen molar-refractivity contribution in [3.05, 3.63) is 35.4 Å². The summed E-state index contributed by atoms with van der Waals surface area (Å²) in [5.41, 5.74) is 1.91. The third kappa shape index (κ3) is 2.73. The molecule has 1 aromatic carbocycles. The molecule has 2 heterocycles. The minimum Gasteiger partial charge on any atom is -0.294 e. The number of carbonyl (C=O) groups is 1. The van der Waals surface area contributed by atoms with Crippen LogP contribution in [0.5, 0.6) is 0 Å². The molecule has 3 nitrogen and oxygen atoms in total. The molecule has 0 aliphatic carbocycles. The average molecular weight is 320 g/mol. The predicted octanol–water partition coefficient (Wildman–Crippen LogP) is 3.74. The van der Waals surface area contributed by atoms with Crippen LogP contribution in [0.3, 0.4) is 0 Å². The molecular weight excluding hydrogens is 296 g/mol. The summed E-state index contributed by atoms with van der Waals surface area (Å²) in [6.07, 6.45) is 3.48. The molecular formula is C18H24O3S. The van der Waals surface area contributed by atoms with E-state index in [-0.39, 0.29) is 22.2 Å². The highest BCUT2D eigenvalue weighted by Gasteiger charge is 2.46. The molecule has 0 spiro atoms. The Labute approximate surface area is 133 Å². The molecule has 120 valence electrons. The Morgan fingerprint density at radius 2 is 1.77 bits per heavy atom. The number of sulfone groups is 1. The zero-order valence-electron chi connectivity index (χ0n) is 13.3. The smallest absolute Gasteiger partial charge is 0.166 e. The normalized spacial score (nSPS) is 30.2. The van der Waals surface area contributed by atoms with Crippen LogP contribution in [0.25, 0.3) is 0 Å². The molecule has 4 heteroatoms. The fraction of sp³-hybridized carbons (Fsp3) is 0.611. The molecule has 3 rings (SSSR count). The Bertz CT molecular complexity index is 655. The highest BCUT2D eigenvalue weighted by molar-refractivity contribution is 7.92. The first-order chi connectivity index (χ1) is 10.4. The van der Waals surface area contributed by atoms with E-state index in [2.05, 4.69) is 13.8 Å². The molecule has 2 aliphatic heterocycles. The van der Waals surface area contributed by atoms with Gasteiger partial charge in [0, 0.05) is 11.5 Å². The van der Waals surface area contributed by atoms with E-state index < -0.39 is 9.84 Å². The quantitative estimate of drug-likeness (QED) is 0.797. The van der Waals surface area contributed by atoms with Crippen LogP contribution in [-0.2, 0) is 9.84 Å². The van der Waals surface area contributed by atoms with Crippen LogP contribution in [0, 0.1) is 5.92 Å². The molecule has 2 bridgehead atoms. The van der Waals surface area contributed by atoms with E-state index in [1.807, 2.05) is 24.3 Å². The number of hydrogen-bond donors (Lipinski definition) is 0. The van der Waals surface area contributed by atoms with E-state index in [9.17, 15) is 13.2 Å². The van der Waals surface area contributed by atoms with Crippen LogP contribution < -0.4 is 0 Å². The minimum absolute atomic E-state index is 0.124. The van der Waals surface area contributed by atoms with Gasteiger partial charge in [0.2, 0.25) is 0 Å². The standard InChI is InChI=1S/C18H24O3S/c1-12(2)13-5-3-6-14(9-13)18(19)15-10-16-7-4-8-17(11-15)22(16,20)21/h3,5-6,9,12,15-17H,4,7-8,10-11H2,1-2H3. The van der Waals surface area contributed by atoms with E-state index in [1.54, 1.807) is 0 Å². The molecule has 0 aromatic heterocycles. The van der Waals surface area contributed by atoms with Crippen molar-refractivity contribution in [1.82, 2.24) is 0 Å². The van der Waals surface area contributed by atoms with E-state index in [4.69, 9.17) is 0 Å². The lowest BCUT2D eigenvalue weighted by molar-refractivity contribution is 0.0894. The van der Waals surface area contributed by atoms with Gasteiger partial charge in [-0.2, -0.15) is 0 Å². The SMILES string of the molecule is CC(C)c1cccc(C(=O)C2CC3CCCC(C2)S3(=O)=O)c1. The molecule has 0 amide bonds. The van der Waals surface area contributed by atoms with Crippen molar-refractivity contribution in [3.8, 4) is 0 Å². The van der Waals surface area contributed by atoms with E-state index >= 15 is 0 Å². The van der Waals surface area contributed by atoms with Crippen LogP contribution in [0.4, 0.5) is 0 Å². The van der Waals surface area contributed by atoms with Crippen LogP contribution in [0.15, 0.2) is 24.3 Å². The lowest BCUT2D eigenvalue weighted by Gasteiger charge is -2.38. The summed E-state index contributed by atoms with van der Waals surface area (Å²) >= 11 is 0. The van der Waals surface area contributed by atoms with Gasteiger partial charge in [-0.3, -0.25) is 4.79 Å². The van der Waals surface area contributed by atoms with Crippen molar-refractivity contribution in [3.63, 3.8) is 0 Å². The first kappa shape index (κ1) is 15.7. The largest absolute Gasteiger partial charge is 0.294 e. The summed E-state index contributed by atoms with van der Waals surface area (Å²) in [7, 11) is -2.99. The minimum atomic E-state index is -2.99. The second kappa shape index (κ2) is 5.80. The first-order valence-electron chi connectivity index (χ1n) is 8.26. The second-order valence-corrected chi connectivity index (χ2v) is 9.59. The summed E-state index contributed by atoms with van der Waals surface area (Å²) < 4.78 is 24.7. The Kier molecular flexibility index (Phi) is 4.15. The van der Waals surface area contributed by atoms with Crippen molar-refractivity contribution in [2.45, 2.75) is 62.4 Å². The van der Waals surface area contributed by atoms with Crippen molar-refractivity contribution >= 4 is 15.6 Å². The zero-order chi connectivity index (χ0) is 15.9. The molecule has 2 fully saturated rings. The topological polar surface area (TPSA) is 51.2 Å². The van der Waals surface area contributed by atoms with Crippen LogP contribution in [0.1, 0.15) is 67.8 Å². The highest BCUT2D eigenvalue weighted by Crippen LogP contribution is 2.40. The van der Waals surface area contributed by atoms with E-state index in [0.29, 0.717) is 18.8 Å². The molecule has 0 saturated carbocycles. The van der Waals surface area contributed by atoms with Crippen molar-refractivity contribution < 1.29 is 13.2 Å². The van der Waals surface area contributed by atoms with Crippen molar-refractivity contribution in [2.75, 3.05) is 0 Å². The lowest BCUT2D eigenvalue weighted by Crippen LogP contribution is -2.45. The summed E-state index contributed by atoms with van der Waals surface area (Å²) in [6.45, 7) is 4.22. The van der Waals surface area contributed by atoms with Gasteiger partial charge in [0.15, 0.2) is 15.6 Å². The average Bonchev–Trinajstić information content (AvgIpc) is 2.45. The summed E-state index contributed by atoms with van der Waals surface area (Å²) in [5, 5.41) is -0.579. The molecule has 0 radical (unpaired) electrons. The summed E-state index contributed by atoms with van der Waals surface area (Å²) in [4.78, 5) is 12.8. The van der Waals surface area contributed by atoms with Gasteiger partial charge in [-0.15, -0.1) is 0 Å². The Morgan fingerprint density at radius 3 is 2.36 bits per heavy atom. The number of fused-ring (bicyclic) bond motifs is 2. The molecule has 1 aromatic rings. The predicted molar refractivity (Wildman–Crippen MR) is 87.9 cm³/mol. The maximum Gasteiger partial charge on any atom is 0.166 e. The van der Waals surface area contributed by atoms with Gasteiger partial charge in [-0.1, -0.05) is 38.5 Å². The number of benzene rings is 1. The third-order valence-corrected chi connectivity index (χ3v) is 8.00. The number of rotatable bonds is 3. The van der Waals surface area contributed by atoms with Gasteiger partial charge >= 0.3 is 0 Å². The maximum absolute atomic E-state index is 12.8. The molecule has 22 heavy (non-hydrogen) atoms. The summed E-state index contributed by atoms with van der Waals surface area (Å²) in [6, 6.07) is 7.82. The number of carbonyl (C=O) groups excluding carboxylic acids is 1. The van der Waals surface area contributed by atoms with E-state index in [1.165, 1.54) is 0 Å². The first-order valence-corrected chi connectivity index (χ1v) is 9.87. The number of hydrogen-bond acceptors (Lipinski definition) is 3. The van der Waals surface area contributed by atoms with Gasteiger partial charge in [0.1, 0.15) is 0 Å². The van der Waals surface area contributed by atoms with E-state index in [0.717, 1.165) is 30.4 Å². The van der Waals surface area contributed by atoms with Crippen molar-refractivity contribution in [1.29, 1.82) is 0 Å². The molecule has 0 N–H and O–H groups in total. The molecule has 2 atom stereocenters. The third-order valence-electron chi connectivity index (χ3n) is 5.28. The molecule has 2 saturated heterocycles. The highest BCUT2D eigenvalue weighted by atomic mass is 32.2. The fourth-order valence-corrected chi connectivity index (χ4v) is 6.45. The van der Waals surface area contributed by atoms with Gasteiger partial charge in [-0.05, 0) is 43.2 Å². The van der Waals surface area contributed by atoms with Crippen LogP contribution in [-0.4, -0.2) is 24.7 Å². The lowest BCUT2D eigenvalue weighted by atomic mass is 9.84. The Hall–Kier alpha value is -1.16. The summed E-state index contributed by atoms with van der Waals surface area (Å²) in [5.74, 6) is 0.398. The fourth-order valence-electron chi connectivity index (χ4n) is 3.91. The number of Topliss-reactive ketones (excluding diaryl/α,β-unsaturated/α-hetero) is 1. The van der Waals surface area contributed by atoms with Crippen LogP contribution >= 0.6 is 0 Å². The monoisotopic (exact) mass is 320 g/mol. The Balaban J connectivity index is 1.83. The van der Waals surface area contributed by atoms with Gasteiger partial charge < -0.3 is 0 Å². The second-order valence-electron chi connectivity index (χ2n) is 7.08. The van der Waals surface area contributed by atoms with Crippen molar-refractivity contribution in [2.24, 2.45) is 5.92 Å². The zero-order valence-corrected chi connectivity index (χ0v) is 14.1. The van der Waals surface area contributed by atoms with Gasteiger partial charge in [0.25, 0.3) is 0 Å². The van der Waals surface area contributed by atoms with Gasteiger partial charge in [0.05, 0.1) is 10.5 Å².